The number of hydrogen-bond acceptors (Lipinski definition) is 2. The molecule has 3 N–H and O–H groups in total. The zero-order valence-corrected chi connectivity index (χ0v) is 11.5. The molecule has 0 bridgehead atoms. The molecular weight excluding hydrogens is 210 g/mol. The lowest BCUT2D eigenvalue weighted by molar-refractivity contribution is 0.164. The average Bonchev–Trinajstić information content (AvgIpc) is 2.24. The van der Waals surface area contributed by atoms with Crippen LogP contribution in [0.25, 0.3) is 0 Å². The minimum atomic E-state index is -0.388. The Morgan fingerprint density at radius 1 is 1.29 bits per heavy atom. The summed E-state index contributed by atoms with van der Waals surface area (Å²) in [5.41, 5.74) is 9.07. The zero-order chi connectivity index (χ0) is 13.1. The van der Waals surface area contributed by atoms with Crippen LogP contribution in [0.4, 0.5) is 0 Å². The SMILES string of the molecule is Cc1ccc(C(C)(C)C)cc1C(O)CCCN. The van der Waals surface area contributed by atoms with Gasteiger partial charge in [0.1, 0.15) is 0 Å². The Morgan fingerprint density at radius 2 is 1.94 bits per heavy atom. The lowest BCUT2D eigenvalue weighted by Crippen LogP contribution is -2.13. The van der Waals surface area contributed by atoms with Crippen LogP contribution in [0.1, 0.15) is 56.4 Å². The first-order chi connectivity index (χ1) is 7.86. The molecule has 0 amide bonds. The Labute approximate surface area is 105 Å². The molecule has 0 heterocycles. The summed E-state index contributed by atoms with van der Waals surface area (Å²) in [6.45, 7) is 9.25. The van der Waals surface area contributed by atoms with E-state index in [1.807, 2.05) is 6.92 Å². The van der Waals surface area contributed by atoms with Crippen molar-refractivity contribution in [2.75, 3.05) is 6.54 Å². The lowest BCUT2D eigenvalue weighted by Gasteiger charge is -2.22. The fourth-order valence-corrected chi connectivity index (χ4v) is 1.93. The van der Waals surface area contributed by atoms with E-state index in [1.54, 1.807) is 0 Å². The summed E-state index contributed by atoms with van der Waals surface area (Å²) < 4.78 is 0. The fraction of sp³-hybridized carbons (Fsp3) is 0.600. The highest BCUT2D eigenvalue weighted by atomic mass is 16.3. The van der Waals surface area contributed by atoms with Crippen molar-refractivity contribution in [2.45, 2.75) is 52.1 Å². The Kier molecular flexibility index (Phi) is 4.72. The molecule has 1 atom stereocenters. The van der Waals surface area contributed by atoms with Gasteiger partial charge in [-0.1, -0.05) is 39.0 Å². The molecule has 1 rings (SSSR count). The first-order valence-corrected chi connectivity index (χ1v) is 6.35. The van der Waals surface area contributed by atoms with Gasteiger partial charge in [0.05, 0.1) is 6.10 Å². The molecule has 0 aliphatic rings. The van der Waals surface area contributed by atoms with Gasteiger partial charge in [-0.15, -0.1) is 0 Å². The van der Waals surface area contributed by atoms with E-state index < -0.39 is 0 Å². The monoisotopic (exact) mass is 235 g/mol. The number of nitrogens with two attached hydrogens (primary N) is 1. The van der Waals surface area contributed by atoms with E-state index in [0.717, 1.165) is 24.0 Å². The summed E-state index contributed by atoms with van der Waals surface area (Å²) in [7, 11) is 0. The summed E-state index contributed by atoms with van der Waals surface area (Å²) in [5, 5.41) is 10.2. The number of aliphatic hydroxyl groups is 1. The molecule has 1 aromatic rings. The van der Waals surface area contributed by atoms with Crippen molar-refractivity contribution in [3.63, 3.8) is 0 Å². The Balaban J connectivity index is 2.98. The van der Waals surface area contributed by atoms with Crippen LogP contribution in [-0.2, 0) is 5.41 Å². The standard InChI is InChI=1S/C15H25NO/c1-11-7-8-12(15(2,3)4)10-13(11)14(17)6-5-9-16/h7-8,10,14,17H,5-6,9,16H2,1-4H3. The summed E-state index contributed by atoms with van der Waals surface area (Å²) in [4.78, 5) is 0. The molecule has 0 aliphatic carbocycles. The number of aryl methyl sites for hydroxylation is 1. The van der Waals surface area contributed by atoms with E-state index in [0.29, 0.717) is 6.54 Å². The summed E-state index contributed by atoms with van der Waals surface area (Å²) in [5.74, 6) is 0. The minimum Gasteiger partial charge on any atom is -0.388 e. The molecule has 0 saturated heterocycles. The smallest absolute Gasteiger partial charge is 0.0793 e. The molecule has 0 aliphatic heterocycles. The predicted octanol–water partition coefficient (Wildman–Crippen LogP) is 3.06. The molecule has 0 radical (unpaired) electrons. The van der Waals surface area contributed by atoms with Gasteiger partial charge in [-0.05, 0) is 48.4 Å². The van der Waals surface area contributed by atoms with Gasteiger partial charge < -0.3 is 10.8 Å². The topological polar surface area (TPSA) is 46.2 Å². The maximum Gasteiger partial charge on any atom is 0.0793 e. The average molecular weight is 235 g/mol. The van der Waals surface area contributed by atoms with Crippen LogP contribution in [0.2, 0.25) is 0 Å². The third-order valence-corrected chi connectivity index (χ3v) is 3.19. The summed E-state index contributed by atoms with van der Waals surface area (Å²) in [6.07, 6.45) is 1.21. The van der Waals surface area contributed by atoms with Crippen molar-refractivity contribution in [3.8, 4) is 0 Å². The maximum atomic E-state index is 10.2. The molecule has 17 heavy (non-hydrogen) atoms. The van der Waals surface area contributed by atoms with Crippen LogP contribution < -0.4 is 5.73 Å². The molecule has 0 aromatic heterocycles. The number of aliphatic hydroxyl groups excluding tert-OH is 1. The van der Waals surface area contributed by atoms with Crippen molar-refractivity contribution in [1.82, 2.24) is 0 Å². The normalized spacial score (nSPS) is 13.8. The van der Waals surface area contributed by atoms with Crippen LogP contribution in [0.3, 0.4) is 0 Å². The number of benzene rings is 1. The Morgan fingerprint density at radius 3 is 2.47 bits per heavy atom. The molecule has 2 heteroatoms. The molecule has 0 fully saturated rings. The van der Waals surface area contributed by atoms with E-state index in [9.17, 15) is 5.11 Å². The second kappa shape index (κ2) is 5.65. The van der Waals surface area contributed by atoms with Gasteiger partial charge in [-0.25, -0.2) is 0 Å². The highest BCUT2D eigenvalue weighted by molar-refractivity contribution is 5.35. The van der Waals surface area contributed by atoms with Crippen LogP contribution >= 0.6 is 0 Å². The molecule has 96 valence electrons. The van der Waals surface area contributed by atoms with E-state index in [4.69, 9.17) is 5.73 Å². The van der Waals surface area contributed by atoms with Crippen molar-refractivity contribution in [3.05, 3.63) is 34.9 Å². The second-order valence-electron chi connectivity index (χ2n) is 5.77. The first kappa shape index (κ1) is 14.2. The van der Waals surface area contributed by atoms with Gasteiger partial charge in [-0.2, -0.15) is 0 Å². The predicted molar refractivity (Wildman–Crippen MR) is 73.1 cm³/mol. The van der Waals surface area contributed by atoms with E-state index >= 15 is 0 Å². The largest absolute Gasteiger partial charge is 0.388 e. The molecular formula is C15H25NO. The third kappa shape index (κ3) is 3.83. The highest BCUT2D eigenvalue weighted by Crippen LogP contribution is 2.28. The molecule has 2 nitrogen and oxygen atoms in total. The molecule has 0 spiro atoms. The summed E-state index contributed by atoms with van der Waals surface area (Å²) in [6, 6.07) is 6.38. The van der Waals surface area contributed by atoms with E-state index in [1.165, 1.54) is 5.56 Å². The highest BCUT2D eigenvalue weighted by Gasteiger charge is 2.17. The zero-order valence-electron chi connectivity index (χ0n) is 11.5. The van der Waals surface area contributed by atoms with Gasteiger partial charge in [0.15, 0.2) is 0 Å². The number of rotatable bonds is 4. The van der Waals surface area contributed by atoms with Crippen LogP contribution in [0, 0.1) is 6.92 Å². The quantitative estimate of drug-likeness (QED) is 0.842. The van der Waals surface area contributed by atoms with Crippen molar-refractivity contribution in [2.24, 2.45) is 5.73 Å². The fourth-order valence-electron chi connectivity index (χ4n) is 1.93. The second-order valence-corrected chi connectivity index (χ2v) is 5.77. The maximum absolute atomic E-state index is 10.2. The van der Waals surface area contributed by atoms with Crippen LogP contribution in [0.5, 0.6) is 0 Å². The van der Waals surface area contributed by atoms with Crippen LogP contribution in [-0.4, -0.2) is 11.7 Å². The molecule has 1 unspecified atom stereocenters. The lowest BCUT2D eigenvalue weighted by atomic mass is 9.84. The van der Waals surface area contributed by atoms with Crippen molar-refractivity contribution in [1.29, 1.82) is 0 Å². The van der Waals surface area contributed by atoms with Crippen molar-refractivity contribution >= 4 is 0 Å². The first-order valence-electron chi connectivity index (χ1n) is 6.35. The molecule has 1 aromatic carbocycles. The van der Waals surface area contributed by atoms with Gasteiger partial charge in [-0.3, -0.25) is 0 Å². The van der Waals surface area contributed by atoms with Gasteiger partial charge in [0, 0.05) is 0 Å². The van der Waals surface area contributed by atoms with Gasteiger partial charge in [0.2, 0.25) is 0 Å². The Hall–Kier alpha value is -0.860. The van der Waals surface area contributed by atoms with Crippen LogP contribution in [0.15, 0.2) is 18.2 Å². The third-order valence-electron chi connectivity index (χ3n) is 3.19. The number of hydrogen-bond donors (Lipinski definition) is 2. The summed E-state index contributed by atoms with van der Waals surface area (Å²) >= 11 is 0. The minimum absolute atomic E-state index is 0.121. The van der Waals surface area contributed by atoms with Gasteiger partial charge >= 0.3 is 0 Å². The van der Waals surface area contributed by atoms with E-state index in [2.05, 4.69) is 39.0 Å². The van der Waals surface area contributed by atoms with E-state index in [-0.39, 0.29) is 11.5 Å². The van der Waals surface area contributed by atoms with Gasteiger partial charge in [0.25, 0.3) is 0 Å². The molecule has 0 saturated carbocycles. The Bertz CT molecular complexity index is 366. The van der Waals surface area contributed by atoms with Crippen molar-refractivity contribution < 1.29 is 5.11 Å².